The summed E-state index contributed by atoms with van der Waals surface area (Å²) in [6.45, 7) is -0.328. The Kier molecular flexibility index (Phi) is 5.58. The molecule has 1 aliphatic rings. The maximum atomic E-state index is 12.5. The Morgan fingerprint density at radius 3 is 2.42 bits per heavy atom. The first-order valence-corrected chi connectivity index (χ1v) is 10.0. The smallest absolute Gasteiger partial charge is 0.241 e. The molecule has 0 saturated heterocycles. The van der Waals surface area contributed by atoms with E-state index in [1.165, 1.54) is 5.56 Å². The summed E-state index contributed by atoms with van der Waals surface area (Å²) in [5.74, 6) is 0.243. The molecule has 2 N–H and O–H groups in total. The predicted octanol–water partition coefficient (Wildman–Crippen LogP) is 2.49. The molecule has 0 unspecified atom stereocenters. The van der Waals surface area contributed by atoms with Crippen LogP contribution in [-0.4, -0.2) is 28.0 Å². The molecule has 0 radical (unpaired) electrons. The number of aryl methyl sites for hydroxylation is 2. The van der Waals surface area contributed by atoms with E-state index < -0.39 is 15.9 Å². The molecule has 3 rings (SSSR count). The zero-order valence-corrected chi connectivity index (χ0v) is 15.4. The number of rotatable bonds is 6. The number of ether oxygens (including phenoxy) is 1. The lowest BCUT2D eigenvalue weighted by Crippen LogP contribution is -2.33. The van der Waals surface area contributed by atoms with E-state index in [-0.39, 0.29) is 11.4 Å². The monoisotopic (exact) mass is 374 g/mol. The van der Waals surface area contributed by atoms with Crippen molar-refractivity contribution in [3.8, 4) is 5.75 Å². The third-order valence-electron chi connectivity index (χ3n) is 4.43. The van der Waals surface area contributed by atoms with Crippen LogP contribution in [0.2, 0.25) is 0 Å². The fraction of sp³-hybridized carbons (Fsp3) is 0.316. The Hall–Kier alpha value is -2.38. The Morgan fingerprint density at radius 2 is 1.73 bits per heavy atom. The first-order valence-electron chi connectivity index (χ1n) is 8.53. The normalized spacial score (nSPS) is 13.7. The third-order valence-corrected chi connectivity index (χ3v) is 5.83. The Morgan fingerprint density at radius 1 is 1.04 bits per heavy atom. The third kappa shape index (κ3) is 4.42. The van der Waals surface area contributed by atoms with Crippen LogP contribution in [0.5, 0.6) is 5.75 Å². The highest BCUT2D eigenvalue weighted by Crippen LogP contribution is 2.24. The summed E-state index contributed by atoms with van der Waals surface area (Å²) < 4.78 is 32.3. The molecule has 26 heavy (non-hydrogen) atoms. The molecular weight excluding hydrogens is 352 g/mol. The van der Waals surface area contributed by atoms with Gasteiger partial charge in [0.25, 0.3) is 0 Å². The van der Waals surface area contributed by atoms with Gasteiger partial charge in [-0.25, -0.2) is 13.1 Å². The van der Waals surface area contributed by atoms with Crippen molar-refractivity contribution in [3.05, 3.63) is 53.6 Å². The largest absolute Gasteiger partial charge is 0.497 e. The molecule has 0 saturated carbocycles. The van der Waals surface area contributed by atoms with Gasteiger partial charge in [0.1, 0.15) is 5.75 Å². The molecule has 1 aliphatic carbocycles. The molecule has 2 aromatic carbocycles. The number of hydrogen-bond donors (Lipinski definition) is 2. The molecule has 0 fully saturated rings. The number of anilines is 1. The summed E-state index contributed by atoms with van der Waals surface area (Å²) in [7, 11) is -2.16. The second kappa shape index (κ2) is 7.88. The van der Waals surface area contributed by atoms with Crippen LogP contribution in [0.4, 0.5) is 5.69 Å². The summed E-state index contributed by atoms with van der Waals surface area (Å²) in [6, 6.07) is 12.0. The number of carbonyl (C=O) groups is 1. The summed E-state index contributed by atoms with van der Waals surface area (Å²) in [4.78, 5) is 12.2. The van der Waals surface area contributed by atoms with Crippen LogP contribution in [0.3, 0.4) is 0 Å². The van der Waals surface area contributed by atoms with Gasteiger partial charge in [-0.3, -0.25) is 4.79 Å². The zero-order chi connectivity index (χ0) is 18.6. The lowest BCUT2D eigenvalue weighted by molar-refractivity contribution is -0.115. The average Bonchev–Trinajstić information content (AvgIpc) is 2.67. The number of methoxy groups -OCH3 is 1. The van der Waals surface area contributed by atoms with Crippen LogP contribution >= 0.6 is 0 Å². The van der Waals surface area contributed by atoms with Gasteiger partial charge in [0, 0.05) is 5.69 Å². The topological polar surface area (TPSA) is 84.5 Å². The maximum Gasteiger partial charge on any atom is 0.241 e. The molecule has 1 amide bonds. The quantitative estimate of drug-likeness (QED) is 0.814. The zero-order valence-electron chi connectivity index (χ0n) is 14.6. The van der Waals surface area contributed by atoms with E-state index in [4.69, 9.17) is 4.74 Å². The lowest BCUT2D eigenvalue weighted by atomic mass is 9.92. The fourth-order valence-electron chi connectivity index (χ4n) is 3.00. The molecule has 138 valence electrons. The van der Waals surface area contributed by atoms with E-state index in [1.54, 1.807) is 43.5 Å². The molecule has 0 aromatic heterocycles. The second-order valence-corrected chi connectivity index (χ2v) is 8.01. The maximum absolute atomic E-state index is 12.5. The van der Waals surface area contributed by atoms with Gasteiger partial charge in [-0.2, -0.15) is 0 Å². The number of benzene rings is 2. The van der Waals surface area contributed by atoms with E-state index >= 15 is 0 Å². The van der Waals surface area contributed by atoms with Gasteiger partial charge in [-0.1, -0.05) is 6.07 Å². The Bertz CT molecular complexity index is 892. The summed E-state index contributed by atoms with van der Waals surface area (Å²) in [5.41, 5.74) is 2.87. The van der Waals surface area contributed by atoms with Crippen molar-refractivity contribution in [1.82, 2.24) is 4.72 Å². The van der Waals surface area contributed by atoms with Crippen molar-refractivity contribution >= 4 is 21.6 Å². The molecular formula is C19H22N2O4S. The van der Waals surface area contributed by atoms with Crippen molar-refractivity contribution in [2.75, 3.05) is 19.0 Å². The summed E-state index contributed by atoms with van der Waals surface area (Å²) >= 11 is 0. The molecule has 0 heterocycles. The highest BCUT2D eigenvalue weighted by Gasteiger charge is 2.18. The highest BCUT2D eigenvalue weighted by molar-refractivity contribution is 7.89. The van der Waals surface area contributed by atoms with Crippen molar-refractivity contribution in [1.29, 1.82) is 0 Å². The van der Waals surface area contributed by atoms with Gasteiger partial charge in [-0.05, 0) is 73.2 Å². The van der Waals surface area contributed by atoms with Gasteiger partial charge < -0.3 is 10.1 Å². The summed E-state index contributed by atoms with van der Waals surface area (Å²) in [6.07, 6.45) is 4.11. The molecule has 0 bridgehead atoms. The number of amides is 1. The van der Waals surface area contributed by atoms with E-state index in [9.17, 15) is 13.2 Å². The van der Waals surface area contributed by atoms with Gasteiger partial charge in [0.05, 0.1) is 18.6 Å². The van der Waals surface area contributed by atoms with Crippen molar-refractivity contribution in [3.63, 3.8) is 0 Å². The molecule has 6 nitrogen and oxygen atoms in total. The first kappa shape index (κ1) is 18.4. The standard InChI is InChI=1S/C19H22N2O4S/c1-25-17-9-7-16(8-10-17)21-19(22)13-20-26(23,24)18-11-6-14-4-2-3-5-15(14)12-18/h6-12,20H,2-5,13H2,1H3,(H,21,22). The van der Waals surface area contributed by atoms with Crippen molar-refractivity contribution < 1.29 is 17.9 Å². The highest BCUT2D eigenvalue weighted by atomic mass is 32.2. The van der Waals surface area contributed by atoms with Crippen molar-refractivity contribution in [2.45, 2.75) is 30.6 Å². The number of nitrogens with one attached hydrogen (secondary N) is 2. The van der Waals surface area contributed by atoms with Crippen molar-refractivity contribution in [2.24, 2.45) is 0 Å². The van der Waals surface area contributed by atoms with Crippen LogP contribution < -0.4 is 14.8 Å². The average molecular weight is 374 g/mol. The molecule has 0 spiro atoms. The number of sulfonamides is 1. The van der Waals surface area contributed by atoms with E-state index in [2.05, 4.69) is 10.0 Å². The Balaban J connectivity index is 1.61. The van der Waals surface area contributed by atoms with Gasteiger partial charge >= 0.3 is 0 Å². The molecule has 0 aliphatic heterocycles. The lowest BCUT2D eigenvalue weighted by Gasteiger charge is -2.16. The predicted molar refractivity (Wildman–Crippen MR) is 99.9 cm³/mol. The van der Waals surface area contributed by atoms with Gasteiger partial charge in [0.2, 0.25) is 15.9 Å². The van der Waals surface area contributed by atoms with Crippen LogP contribution in [0.25, 0.3) is 0 Å². The molecule has 0 atom stereocenters. The summed E-state index contributed by atoms with van der Waals surface area (Å²) in [5, 5.41) is 2.65. The number of hydrogen-bond acceptors (Lipinski definition) is 4. The molecule has 7 heteroatoms. The van der Waals surface area contributed by atoms with Gasteiger partial charge in [-0.15, -0.1) is 0 Å². The SMILES string of the molecule is COc1ccc(NC(=O)CNS(=O)(=O)c2ccc3c(c2)CCCC3)cc1. The van der Waals surface area contributed by atoms with Crippen LogP contribution in [0, 0.1) is 0 Å². The second-order valence-electron chi connectivity index (χ2n) is 6.24. The number of carbonyl (C=O) groups excluding carboxylic acids is 1. The van der Waals surface area contributed by atoms with E-state index in [1.807, 2.05) is 6.07 Å². The minimum Gasteiger partial charge on any atom is -0.497 e. The van der Waals surface area contributed by atoms with Crippen LogP contribution in [0.1, 0.15) is 24.0 Å². The number of fused-ring (bicyclic) bond motifs is 1. The molecule has 2 aromatic rings. The minimum absolute atomic E-state index is 0.204. The van der Waals surface area contributed by atoms with Gasteiger partial charge in [0.15, 0.2) is 0 Å². The minimum atomic E-state index is -3.72. The van der Waals surface area contributed by atoms with Crippen LogP contribution in [0.15, 0.2) is 47.4 Å². The fourth-order valence-corrected chi connectivity index (χ4v) is 4.03. The van der Waals surface area contributed by atoms with E-state index in [0.29, 0.717) is 11.4 Å². The van der Waals surface area contributed by atoms with E-state index in [0.717, 1.165) is 31.2 Å². The van der Waals surface area contributed by atoms with Crippen LogP contribution in [-0.2, 0) is 27.7 Å². The Labute approximate surface area is 153 Å². The first-order chi connectivity index (χ1) is 12.5.